The monoisotopic (exact) mass is 423 g/mol. The Labute approximate surface area is 184 Å². The number of hydrogen-bond donors (Lipinski definition) is 2. The first-order chi connectivity index (χ1) is 15.0. The highest BCUT2D eigenvalue weighted by molar-refractivity contribution is 6.03. The number of carboxylic acid groups (broad SMARTS) is 1. The fourth-order valence-corrected chi connectivity index (χ4v) is 4.38. The molecule has 0 fully saturated rings. The molecule has 1 unspecified atom stereocenters. The number of esters is 1. The topological polar surface area (TPSA) is 89.6 Å². The minimum absolute atomic E-state index is 0.0795. The summed E-state index contributed by atoms with van der Waals surface area (Å²) in [4.78, 5) is 24.6. The number of fused-ring (bicyclic) bond motifs is 3. The van der Waals surface area contributed by atoms with E-state index in [1.807, 2.05) is 36.4 Å². The van der Waals surface area contributed by atoms with E-state index in [4.69, 9.17) is 10.5 Å². The summed E-state index contributed by atoms with van der Waals surface area (Å²) >= 11 is 0. The summed E-state index contributed by atoms with van der Waals surface area (Å²) in [5.74, 6) is -2.29. The first kappa shape index (κ1) is 23.0. The Morgan fingerprint density at radius 1 is 0.903 bits per heavy atom. The van der Waals surface area contributed by atoms with Crippen LogP contribution in [-0.4, -0.2) is 29.2 Å². The average Bonchev–Trinajstić information content (AvgIpc) is 3.10. The van der Waals surface area contributed by atoms with Gasteiger partial charge in [0.1, 0.15) is 6.61 Å². The molecule has 1 aliphatic carbocycles. The highest BCUT2D eigenvalue weighted by Gasteiger charge is 2.44. The molecular weight excluding hydrogens is 390 g/mol. The van der Waals surface area contributed by atoms with Gasteiger partial charge < -0.3 is 15.6 Å². The zero-order valence-electron chi connectivity index (χ0n) is 18.3. The Balaban J connectivity index is 1.61. The van der Waals surface area contributed by atoms with Gasteiger partial charge in [-0.05, 0) is 28.7 Å². The highest BCUT2D eigenvalue weighted by atomic mass is 16.5. The summed E-state index contributed by atoms with van der Waals surface area (Å²) < 4.78 is 5.53. The molecule has 0 aliphatic heterocycles. The fraction of sp³-hybridized carbons (Fsp3) is 0.462. The second-order valence-electron chi connectivity index (χ2n) is 8.47. The third-order valence-corrected chi connectivity index (χ3v) is 6.26. The molecule has 3 rings (SSSR count). The lowest BCUT2D eigenvalue weighted by Crippen LogP contribution is -2.56. The molecule has 0 bridgehead atoms. The van der Waals surface area contributed by atoms with Gasteiger partial charge >= 0.3 is 11.9 Å². The van der Waals surface area contributed by atoms with Gasteiger partial charge in [0.15, 0.2) is 0 Å². The van der Waals surface area contributed by atoms with Gasteiger partial charge in [0, 0.05) is 5.92 Å². The van der Waals surface area contributed by atoms with Gasteiger partial charge in [-0.1, -0.05) is 100 Å². The molecule has 1 aliphatic rings. The zero-order valence-corrected chi connectivity index (χ0v) is 18.3. The van der Waals surface area contributed by atoms with Crippen LogP contribution in [0.3, 0.4) is 0 Å². The molecule has 0 spiro atoms. The van der Waals surface area contributed by atoms with E-state index in [0.29, 0.717) is 6.42 Å². The quantitative estimate of drug-likeness (QED) is 0.276. The molecule has 3 N–H and O–H groups in total. The van der Waals surface area contributed by atoms with Crippen LogP contribution in [0.1, 0.15) is 75.3 Å². The second-order valence-corrected chi connectivity index (χ2v) is 8.47. The Hall–Kier alpha value is -2.66. The lowest BCUT2D eigenvalue weighted by atomic mass is 9.92. The minimum atomic E-state index is -2.00. The molecule has 166 valence electrons. The summed E-state index contributed by atoms with van der Waals surface area (Å²) in [7, 11) is 0. The molecule has 5 heteroatoms. The molecule has 0 heterocycles. The van der Waals surface area contributed by atoms with Gasteiger partial charge in [-0.3, -0.25) is 0 Å². The van der Waals surface area contributed by atoms with Crippen molar-refractivity contribution in [2.24, 2.45) is 5.73 Å². The van der Waals surface area contributed by atoms with Gasteiger partial charge in [0.05, 0.1) is 0 Å². The number of nitrogens with two attached hydrogens (primary N) is 1. The maximum absolute atomic E-state index is 12.8. The van der Waals surface area contributed by atoms with Crippen LogP contribution in [0.2, 0.25) is 0 Å². The van der Waals surface area contributed by atoms with Crippen LogP contribution < -0.4 is 5.73 Å². The number of unbranched alkanes of at least 4 members (excludes halogenated alkanes) is 6. The normalized spacial score (nSPS) is 14.5. The van der Waals surface area contributed by atoms with E-state index in [9.17, 15) is 14.7 Å². The Bertz CT molecular complexity index is 864. The summed E-state index contributed by atoms with van der Waals surface area (Å²) in [6, 6.07) is 16.1. The van der Waals surface area contributed by atoms with Gasteiger partial charge in [0.2, 0.25) is 5.54 Å². The van der Waals surface area contributed by atoms with Crippen LogP contribution in [0, 0.1) is 0 Å². The van der Waals surface area contributed by atoms with Crippen molar-refractivity contribution in [2.45, 2.75) is 69.7 Å². The largest absolute Gasteiger partial charge is 0.479 e. The van der Waals surface area contributed by atoms with Gasteiger partial charge in [0.25, 0.3) is 0 Å². The van der Waals surface area contributed by atoms with Crippen molar-refractivity contribution in [3.8, 4) is 11.1 Å². The smallest absolute Gasteiger partial charge is 0.337 e. The van der Waals surface area contributed by atoms with Crippen LogP contribution in [0.4, 0.5) is 0 Å². The number of aliphatic carboxylic acids is 1. The summed E-state index contributed by atoms with van der Waals surface area (Å²) in [5, 5.41) is 9.66. The molecule has 0 saturated heterocycles. The number of ether oxygens (including phenoxy) is 1. The minimum Gasteiger partial charge on any atom is -0.479 e. The van der Waals surface area contributed by atoms with Gasteiger partial charge in [-0.2, -0.15) is 0 Å². The van der Waals surface area contributed by atoms with E-state index in [0.717, 1.165) is 41.5 Å². The zero-order chi connectivity index (χ0) is 22.3. The van der Waals surface area contributed by atoms with Crippen molar-refractivity contribution >= 4 is 11.9 Å². The molecule has 0 aromatic heterocycles. The van der Waals surface area contributed by atoms with Crippen LogP contribution in [0.25, 0.3) is 11.1 Å². The maximum Gasteiger partial charge on any atom is 0.337 e. The first-order valence-electron chi connectivity index (χ1n) is 11.4. The van der Waals surface area contributed by atoms with Crippen molar-refractivity contribution in [3.05, 3.63) is 59.7 Å². The SMILES string of the molecule is CCCCCCCCCC(N)(C(=O)O)C(=O)OCC1c2ccccc2-c2ccccc21. The Morgan fingerprint density at radius 2 is 1.42 bits per heavy atom. The molecule has 31 heavy (non-hydrogen) atoms. The van der Waals surface area contributed by atoms with Crippen LogP contribution >= 0.6 is 0 Å². The number of carbonyl (C=O) groups excluding carboxylic acids is 1. The van der Waals surface area contributed by atoms with Crippen LogP contribution in [0.15, 0.2) is 48.5 Å². The number of rotatable bonds is 12. The number of carbonyl (C=O) groups is 2. The number of benzene rings is 2. The summed E-state index contributed by atoms with van der Waals surface area (Å²) in [6.45, 7) is 2.25. The van der Waals surface area contributed by atoms with Crippen molar-refractivity contribution in [3.63, 3.8) is 0 Å². The van der Waals surface area contributed by atoms with Gasteiger partial charge in [-0.25, -0.2) is 9.59 Å². The Kier molecular flexibility index (Phi) is 7.85. The molecule has 2 aromatic rings. The van der Waals surface area contributed by atoms with Crippen LogP contribution in [-0.2, 0) is 14.3 Å². The van der Waals surface area contributed by atoms with Crippen molar-refractivity contribution in [1.29, 1.82) is 0 Å². The van der Waals surface area contributed by atoms with Crippen molar-refractivity contribution in [2.75, 3.05) is 6.61 Å². The highest BCUT2D eigenvalue weighted by Crippen LogP contribution is 2.44. The molecule has 1 atom stereocenters. The lowest BCUT2D eigenvalue weighted by molar-refractivity contribution is -0.161. The molecule has 0 saturated carbocycles. The second kappa shape index (κ2) is 10.6. The third-order valence-electron chi connectivity index (χ3n) is 6.26. The van der Waals surface area contributed by atoms with E-state index >= 15 is 0 Å². The Morgan fingerprint density at radius 3 is 1.97 bits per heavy atom. The van der Waals surface area contributed by atoms with E-state index in [1.165, 1.54) is 19.3 Å². The molecule has 0 radical (unpaired) electrons. The number of carboxylic acids is 1. The standard InChI is InChI=1S/C26H33NO4/c1-2-3-4-5-6-7-12-17-26(27,24(28)29)25(30)31-18-23-21-15-10-8-13-19(21)20-14-9-11-16-22(20)23/h8-11,13-16,23H,2-7,12,17-18,27H2,1H3,(H,28,29). The molecule has 2 aromatic carbocycles. The first-order valence-corrected chi connectivity index (χ1v) is 11.4. The molecular formula is C26H33NO4. The molecule has 5 nitrogen and oxygen atoms in total. The summed E-state index contributed by atoms with van der Waals surface area (Å²) in [5.41, 5.74) is 8.47. The van der Waals surface area contributed by atoms with Gasteiger partial charge in [-0.15, -0.1) is 0 Å². The van der Waals surface area contributed by atoms with Crippen molar-refractivity contribution in [1.82, 2.24) is 0 Å². The summed E-state index contributed by atoms with van der Waals surface area (Å²) in [6.07, 6.45) is 7.31. The van der Waals surface area contributed by atoms with E-state index in [-0.39, 0.29) is 18.9 Å². The maximum atomic E-state index is 12.8. The third kappa shape index (κ3) is 5.16. The predicted molar refractivity (Wildman–Crippen MR) is 122 cm³/mol. The van der Waals surface area contributed by atoms with E-state index in [2.05, 4.69) is 19.1 Å². The van der Waals surface area contributed by atoms with E-state index < -0.39 is 17.5 Å². The average molecular weight is 424 g/mol. The van der Waals surface area contributed by atoms with Crippen molar-refractivity contribution < 1.29 is 19.4 Å². The number of hydrogen-bond acceptors (Lipinski definition) is 4. The van der Waals surface area contributed by atoms with Crippen LogP contribution in [0.5, 0.6) is 0 Å². The predicted octanol–water partition coefficient (Wildman–Crippen LogP) is 5.26. The lowest BCUT2D eigenvalue weighted by Gasteiger charge is -2.24. The fourth-order valence-electron chi connectivity index (χ4n) is 4.38. The molecule has 0 amide bonds. The van der Waals surface area contributed by atoms with E-state index in [1.54, 1.807) is 0 Å².